The quantitative estimate of drug-likeness (QED) is 0.287. The zero-order valence-electron chi connectivity index (χ0n) is 19.9. The van der Waals surface area contributed by atoms with E-state index in [1.54, 1.807) is 42.5 Å². The van der Waals surface area contributed by atoms with Gasteiger partial charge in [-0.3, -0.25) is 9.69 Å². The lowest BCUT2D eigenvalue weighted by Gasteiger charge is -2.35. The third-order valence-corrected chi connectivity index (χ3v) is 6.91. The molecule has 3 aromatic rings. The van der Waals surface area contributed by atoms with Gasteiger partial charge in [-0.25, -0.2) is 19.6 Å². The number of nitrogens with two attached hydrogens (primary N) is 1. The highest BCUT2D eigenvalue weighted by atomic mass is 35.5. The van der Waals surface area contributed by atoms with E-state index in [4.69, 9.17) is 28.9 Å². The van der Waals surface area contributed by atoms with Crippen LogP contribution in [0.1, 0.15) is 28.8 Å². The van der Waals surface area contributed by atoms with Crippen molar-refractivity contribution < 1.29 is 24.6 Å². The number of halogens is 2. The highest BCUT2D eigenvalue weighted by Gasteiger charge is 2.36. The summed E-state index contributed by atoms with van der Waals surface area (Å²) in [5.74, 6) is -1.09. The number of amides is 2. The Hall–Kier alpha value is -4.09. The van der Waals surface area contributed by atoms with Gasteiger partial charge in [-0.1, -0.05) is 41.4 Å². The van der Waals surface area contributed by atoms with Gasteiger partial charge in [0.25, 0.3) is 5.91 Å². The van der Waals surface area contributed by atoms with Gasteiger partial charge in [0.1, 0.15) is 6.04 Å². The molecule has 0 aliphatic carbocycles. The van der Waals surface area contributed by atoms with Crippen LogP contribution in [0.3, 0.4) is 0 Å². The molecule has 13 heteroatoms. The predicted octanol–water partition coefficient (Wildman–Crippen LogP) is 3.97. The number of benzene rings is 2. The standard InChI is InChI=1S/C25H24Cl2N6O5/c26-17-2-1-3-18(27)16(17)11-30-22-21(28)29-12-19(32-22)13-4-6-14(7-5-13)23(34)31-15-8-9-33(25(37)38)20(10-15)24(35)36/h1-7,12,15,20H,8-11H2,(H2,28,29)(H,30,32)(H,31,34)(H,35,36)(H,37,38)/t15?,20-/m1/s1. The van der Waals surface area contributed by atoms with E-state index in [0.717, 1.165) is 4.90 Å². The molecule has 6 N–H and O–H groups in total. The average molecular weight is 559 g/mol. The van der Waals surface area contributed by atoms with E-state index in [2.05, 4.69) is 20.6 Å². The summed E-state index contributed by atoms with van der Waals surface area (Å²) in [6.45, 7) is 0.305. The number of aliphatic carboxylic acids is 1. The molecule has 2 atom stereocenters. The number of aromatic nitrogens is 2. The third-order valence-electron chi connectivity index (χ3n) is 6.21. The smallest absolute Gasteiger partial charge is 0.408 e. The first kappa shape index (κ1) is 27.0. The maximum atomic E-state index is 12.8. The van der Waals surface area contributed by atoms with Crippen LogP contribution in [0, 0.1) is 0 Å². The summed E-state index contributed by atoms with van der Waals surface area (Å²) in [7, 11) is 0. The van der Waals surface area contributed by atoms with E-state index in [-0.39, 0.29) is 25.3 Å². The van der Waals surface area contributed by atoms with E-state index in [1.807, 2.05) is 0 Å². The van der Waals surface area contributed by atoms with Gasteiger partial charge < -0.3 is 26.6 Å². The van der Waals surface area contributed by atoms with Crippen molar-refractivity contribution in [2.24, 2.45) is 0 Å². The number of rotatable bonds is 7. The second kappa shape index (κ2) is 11.5. The molecule has 0 radical (unpaired) electrons. The second-order valence-corrected chi connectivity index (χ2v) is 9.46. The van der Waals surface area contributed by atoms with Crippen LogP contribution in [0.25, 0.3) is 11.3 Å². The summed E-state index contributed by atoms with van der Waals surface area (Å²) < 4.78 is 0. The number of carbonyl (C=O) groups excluding carboxylic acids is 1. The highest BCUT2D eigenvalue weighted by Crippen LogP contribution is 2.27. The minimum absolute atomic E-state index is 0.0122. The number of carbonyl (C=O) groups is 3. The topological polar surface area (TPSA) is 171 Å². The number of nitrogens with one attached hydrogen (secondary N) is 2. The first-order valence-electron chi connectivity index (χ1n) is 11.6. The molecule has 1 saturated heterocycles. The van der Waals surface area contributed by atoms with Crippen LogP contribution < -0.4 is 16.4 Å². The maximum Gasteiger partial charge on any atom is 0.408 e. The molecule has 1 aromatic heterocycles. The van der Waals surface area contributed by atoms with Crippen LogP contribution in [0.5, 0.6) is 0 Å². The molecule has 0 saturated carbocycles. The van der Waals surface area contributed by atoms with Gasteiger partial charge in [-0.05, 0) is 37.1 Å². The average Bonchev–Trinajstić information content (AvgIpc) is 2.89. The Kier molecular flexibility index (Phi) is 8.18. The van der Waals surface area contributed by atoms with Crippen molar-refractivity contribution in [3.05, 3.63) is 69.8 Å². The van der Waals surface area contributed by atoms with E-state index < -0.39 is 30.1 Å². The molecule has 198 valence electrons. The summed E-state index contributed by atoms with van der Waals surface area (Å²) >= 11 is 12.5. The Bertz CT molecular complexity index is 1350. The number of piperidine rings is 1. The number of hydrogen-bond donors (Lipinski definition) is 5. The first-order valence-corrected chi connectivity index (χ1v) is 12.3. The van der Waals surface area contributed by atoms with E-state index in [9.17, 15) is 24.6 Å². The maximum absolute atomic E-state index is 12.8. The summed E-state index contributed by atoms with van der Waals surface area (Å²) in [5.41, 5.74) is 8.25. The number of anilines is 2. The highest BCUT2D eigenvalue weighted by molar-refractivity contribution is 6.36. The fraction of sp³-hybridized carbons (Fsp3) is 0.240. The Morgan fingerprint density at radius 1 is 1.08 bits per heavy atom. The number of nitrogen functional groups attached to an aromatic ring is 1. The third kappa shape index (κ3) is 6.06. The summed E-state index contributed by atoms with van der Waals surface area (Å²) in [6.07, 6.45) is 0.521. The zero-order chi connectivity index (χ0) is 27.4. The van der Waals surface area contributed by atoms with E-state index in [1.165, 1.54) is 6.20 Å². The lowest BCUT2D eigenvalue weighted by atomic mass is 9.97. The molecule has 1 fully saturated rings. The first-order chi connectivity index (χ1) is 18.1. The van der Waals surface area contributed by atoms with Gasteiger partial charge >= 0.3 is 12.1 Å². The summed E-state index contributed by atoms with van der Waals surface area (Å²) in [4.78, 5) is 45.1. The van der Waals surface area contributed by atoms with Crippen LogP contribution in [0.2, 0.25) is 10.0 Å². The lowest BCUT2D eigenvalue weighted by Crippen LogP contribution is -2.54. The fourth-order valence-electron chi connectivity index (χ4n) is 4.16. The molecule has 2 amide bonds. The van der Waals surface area contributed by atoms with Crippen molar-refractivity contribution >= 4 is 52.8 Å². The molecule has 38 heavy (non-hydrogen) atoms. The van der Waals surface area contributed by atoms with Crippen molar-refractivity contribution in [3.63, 3.8) is 0 Å². The van der Waals surface area contributed by atoms with Gasteiger partial charge in [0, 0.05) is 45.9 Å². The minimum Gasteiger partial charge on any atom is -0.480 e. The minimum atomic E-state index is -1.30. The number of nitrogens with zero attached hydrogens (tertiary/aromatic N) is 3. The van der Waals surface area contributed by atoms with Crippen molar-refractivity contribution in [2.75, 3.05) is 17.6 Å². The number of hydrogen-bond acceptors (Lipinski definition) is 7. The molecule has 2 heterocycles. The van der Waals surface area contributed by atoms with E-state index >= 15 is 0 Å². The Morgan fingerprint density at radius 3 is 2.39 bits per heavy atom. The van der Waals surface area contributed by atoms with Gasteiger partial charge in [-0.2, -0.15) is 0 Å². The van der Waals surface area contributed by atoms with Crippen LogP contribution in [0.4, 0.5) is 16.4 Å². The molecular weight excluding hydrogens is 535 g/mol. The van der Waals surface area contributed by atoms with Crippen molar-refractivity contribution in [2.45, 2.75) is 31.5 Å². The van der Waals surface area contributed by atoms with Crippen LogP contribution in [-0.2, 0) is 11.3 Å². The predicted molar refractivity (Wildman–Crippen MR) is 142 cm³/mol. The van der Waals surface area contributed by atoms with E-state index in [0.29, 0.717) is 44.7 Å². The number of carboxylic acids is 1. The Labute approximate surface area is 227 Å². The molecular formula is C25H24Cl2N6O5. The second-order valence-electron chi connectivity index (χ2n) is 8.64. The molecule has 11 nitrogen and oxygen atoms in total. The lowest BCUT2D eigenvalue weighted by molar-refractivity contribution is -0.144. The zero-order valence-corrected chi connectivity index (χ0v) is 21.4. The van der Waals surface area contributed by atoms with Gasteiger partial charge in [0.15, 0.2) is 11.6 Å². The van der Waals surface area contributed by atoms with Gasteiger partial charge in [0.2, 0.25) is 0 Å². The molecule has 0 spiro atoms. The molecule has 1 aliphatic rings. The van der Waals surface area contributed by atoms with Crippen LogP contribution in [0.15, 0.2) is 48.7 Å². The largest absolute Gasteiger partial charge is 0.480 e. The van der Waals surface area contributed by atoms with Crippen LogP contribution in [-0.4, -0.2) is 61.7 Å². The van der Waals surface area contributed by atoms with Gasteiger partial charge in [0.05, 0.1) is 11.9 Å². The monoisotopic (exact) mass is 558 g/mol. The normalized spacial score (nSPS) is 17.1. The summed E-state index contributed by atoms with van der Waals surface area (Å²) in [6, 6.07) is 10.2. The number of likely N-dealkylation sites (tertiary alicyclic amines) is 1. The Balaban J connectivity index is 1.42. The van der Waals surface area contributed by atoms with Crippen molar-refractivity contribution in [3.8, 4) is 11.3 Å². The molecule has 2 aromatic carbocycles. The van der Waals surface area contributed by atoms with Crippen molar-refractivity contribution in [1.82, 2.24) is 20.2 Å². The molecule has 4 rings (SSSR count). The van der Waals surface area contributed by atoms with Crippen molar-refractivity contribution in [1.29, 1.82) is 0 Å². The van der Waals surface area contributed by atoms with Gasteiger partial charge in [-0.15, -0.1) is 0 Å². The SMILES string of the molecule is Nc1ncc(-c2ccc(C(=O)NC3CCN(C(=O)O)[C@@H](C(=O)O)C3)cc2)nc1NCc1c(Cl)cccc1Cl. The Morgan fingerprint density at radius 2 is 1.76 bits per heavy atom. The molecule has 1 unspecified atom stereocenters. The molecule has 1 aliphatic heterocycles. The molecule has 0 bridgehead atoms. The summed E-state index contributed by atoms with van der Waals surface area (Å²) in [5, 5.41) is 25.5. The fourth-order valence-corrected chi connectivity index (χ4v) is 4.69. The van der Waals surface area contributed by atoms with Crippen LogP contribution >= 0.6 is 23.2 Å². The number of carboxylic acid groups (broad SMARTS) is 2.